The highest BCUT2D eigenvalue weighted by Crippen LogP contribution is 2.39. The molecule has 1 aromatic heterocycles. The first-order chi connectivity index (χ1) is 12.2. The molecule has 4 rings (SSSR count). The molecule has 0 spiro atoms. The number of pyridine rings is 1. The van der Waals surface area contributed by atoms with Gasteiger partial charge in [-0.05, 0) is 61.8 Å². The number of benzene rings is 1. The molecule has 2 aromatic rings. The molecule has 0 radical (unpaired) electrons. The average Bonchev–Trinajstić information content (AvgIpc) is 3.18. The van der Waals surface area contributed by atoms with E-state index in [9.17, 15) is 0 Å². The van der Waals surface area contributed by atoms with Gasteiger partial charge in [-0.3, -0.25) is 9.88 Å². The molecule has 0 N–H and O–H groups in total. The summed E-state index contributed by atoms with van der Waals surface area (Å²) in [7, 11) is 0. The van der Waals surface area contributed by atoms with Crippen molar-refractivity contribution in [3.8, 4) is 0 Å². The molecule has 25 heavy (non-hydrogen) atoms. The second-order valence-electron chi connectivity index (χ2n) is 7.28. The van der Waals surface area contributed by atoms with Gasteiger partial charge in [-0.1, -0.05) is 29.8 Å². The van der Waals surface area contributed by atoms with Crippen LogP contribution in [0.1, 0.15) is 43.2 Å². The first-order valence-electron chi connectivity index (χ1n) is 9.42. The molecule has 0 aliphatic carbocycles. The third-order valence-corrected chi connectivity index (χ3v) is 6.21. The minimum atomic E-state index is 0.451. The van der Waals surface area contributed by atoms with Gasteiger partial charge in [0.2, 0.25) is 0 Å². The normalized spacial score (nSPS) is 22.0. The summed E-state index contributed by atoms with van der Waals surface area (Å²) in [6.45, 7) is 5.87. The Labute approximate surface area is 155 Å². The average molecular weight is 356 g/mol. The zero-order valence-corrected chi connectivity index (χ0v) is 15.6. The zero-order chi connectivity index (χ0) is 17.2. The quantitative estimate of drug-likeness (QED) is 0.791. The number of hydrogen-bond acceptors (Lipinski definition) is 3. The van der Waals surface area contributed by atoms with Crippen LogP contribution in [0, 0.1) is 0 Å². The maximum Gasteiger partial charge on any atom is 0.0792 e. The predicted molar refractivity (Wildman–Crippen MR) is 104 cm³/mol. The number of likely N-dealkylation sites (tertiary alicyclic amines) is 1. The third-order valence-electron chi connectivity index (χ3n) is 5.84. The minimum absolute atomic E-state index is 0.451. The first-order valence-corrected chi connectivity index (χ1v) is 9.80. The van der Waals surface area contributed by atoms with Gasteiger partial charge < -0.3 is 4.90 Å². The Balaban J connectivity index is 1.59. The third kappa shape index (κ3) is 3.40. The Morgan fingerprint density at radius 3 is 2.76 bits per heavy atom. The van der Waals surface area contributed by atoms with E-state index in [-0.39, 0.29) is 0 Å². The summed E-state index contributed by atoms with van der Waals surface area (Å²) < 4.78 is 0. The summed E-state index contributed by atoms with van der Waals surface area (Å²) in [5.74, 6) is 0.514. The molecule has 0 bridgehead atoms. The van der Waals surface area contributed by atoms with Crippen LogP contribution in [-0.4, -0.2) is 35.7 Å². The van der Waals surface area contributed by atoms with Gasteiger partial charge in [0.1, 0.15) is 0 Å². The van der Waals surface area contributed by atoms with Crippen molar-refractivity contribution in [3.05, 3.63) is 58.9 Å². The van der Waals surface area contributed by atoms with E-state index in [1.165, 1.54) is 49.2 Å². The summed E-state index contributed by atoms with van der Waals surface area (Å²) >= 11 is 6.41. The SMILES string of the molecule is CC(N1CCCC1)N1CCC(Cc2ccccc2Cl)c2ccncc21. The van der Waals surface area contributed by atoms with Crippen LogP contribution >= 0.6 is 11.6 Å². The first kappa shape index (κ1) is 16.9. The zero-order valence-electron chi connectivity index (χ0n) is 14.9. The Bertz CT molecular complexity index is 727. The number of aromatic nitrogens is 1. The maximum absolute atomic E-state index is 6.41. The van der Waals surface area contributed by atoms with Crippen molar-refractivity contribution in [1.29, 1.82) is 0 Å². The molecule has 2 aliphatic heterocycles. The van der Waals surface area contributed by atoms with E-state index in [1.54, 1.807) is 0 Å². The predicted octanol–water partition coefficient (Wildman–Crippen LogP) is 4.71. The van der Waals surface area contributed by atoms with E-state index in [0.29, 0.717) is 12.1 Å². The van der Waals surface area contributed by atoms with Crippen LogP contribution in [0.3, 0.4) is 0 Å². The number of anilines is 1. The topological polar surface area (TPSA) is 19.4 Å². The minimum Gasteiger partial charge on any atom is -0.355 e. The standard InChI is InChI=1S/C21H26ClN3/c1-16(24-11-4-5-12-24)25-13-9-17(19-8-10-23-15-21(19)25)14-18-6-2-3-7-20(18)22/h2-3,6-8,10,15-17H,4-5,9,11-14H2,1H3. The Hall–Kier alpha value is -1.58. The van der Waals surface area contributed by atoms with Crippen molar-refractivity contribution in [2.45, 2.75) is 44.7 Å². The van der Waals surface area contributed by atoms with Crippen LogP contribution < -0.4 is 4.90 Å². The van der Waals surface area contributed by atoms with Gasteiger partial charge in [0, 0.05) is 30.9 Å². The molecular weight excluding hydrogens is 330 g/mol. The molecule has 0 amide bonds. The van der Waals surface area contributed by atoms with Crippen molar-refractivity contribution in [2.75, 3.05) is 24.5 Å². The van der Waals surface area contributed by atoms with Crippen molar-refractivity contribution >= 4 is 17.3 Å². The number of hydrogen-bond donors (Lipinski definition) is 0. The molecule has 132 valence electrons. The molecule has 1 fully saturated rings. The van der Waals surface area contributed by atoms with Gasteiger partial charge in [0.25, 0.3) is 0 Å². The number of halogens is 1. The lowest BCUT2D eigenvalue weighted by Crippen LogP contribution is -2.48. The summed E-state index contributed by atoms with van der Waals surface area (Å²) in [6.07, 6.45) is 9.26. The van der Waals surface area contributed by atoms with E-state index in [2.05, 4.69) is 46.1 Å². The molecular formula is C21H26ClN3. The van der Waals surface area contributed by atoms with Gasteiger partial charge in [-0.2, -0.15) is 0 Å². The van der Waals surface area contributed by atoms with Crippen LogP contribution in [0.4, 0.5) is 5.69 Å². The fraction of sp³-hybridized carbons (Fsp3) is 0.476. The van der Waals surface area contributed by atoms with E-state index in [0.717, 1.165) is 18.0 Å². The highest BCUT2D eigenvalue weighted by molar-refractivity contribution is 6.31. The van der Waals surface area contributed by atoms with E-state index < -0.39 is 0 Å². The number of nitrogens with zero attached hydrogens (tertiary/aromatic N) is 3. The van der Waals surface area contributed by atoms with Crippen molar-refractivity contribution < 1.29 is 0 Å². The van der Waals surface area contributed by atoms with E-state index in [1.807, 2.05) is 18.3 Å². The number of fused-ring (bicyclic) bond motifs is 1. The molecule has 2 unspecified atom stereocenters. The largest absolute Gasteiger partial charge is 0.355 e. The lowest BCUT2D eigenvalue weighted by molar-refractivity contribution is 0.245. The van der Waals surface area contributed by atoms with Gasteiger partial charge in [0.15, 0.2) is 0 Å². The van der Waals surface area contributed by atoms with Gasteiger partial charge in [0.05, 0.1) is 18.1 Å². The second-order valence-corrected chi connectivity index (χ2v) is 7.69. The van der Waals surface area contributed by atoms with Crippen LogP contribution in [-0.2, 0) is 6.42 Å². The molecule has 2 aliphatic rings. The fourth-order valence-electron chi connectivity index (χ4n) is 4.39. The molecule has 0 saturated carbocycles. The molecule has 3 heterocycles. The highest BCUT2D eigenvalue weighted by atomic mass is 35.5. The maximum atomic E-state index is 6.41. The van der Waals surface area contributed by atoms with Crippen LogP contribution in [0.5, 0.6) is 0 Å². The molecule has 1 saturated heterocycles. The summed E-state index contributed by atoms with van der Waals surface area (Å²) in [4.78, 5) is 9.58. The summed E-state index contributed by atoms with van der Waals surface area (Å²) in [5, 5.41) is 0.881. The summed E-state index contributed by atoms with van der Waals surface area (Å²) in [5.41, 5.74) is 3.98. The van der Waals surface area contributed by atoms with Crippen LogP contribution in [0.15, 0.2) is 42.7 Å². The lowest BCUT2D eigenvalue weighted by Gasteiger charge is -2.42. The monoisotopic (exact) mass is 355 g/mol. The second kappa shape index (κ2) is 7.35. The Morgan fingerprint density at radius 1 is 1.16 bits per heavy atom. The van der Waals surface area contributed by atoms with Crippen LogP contribution in [0.25, 0.3) is 0 Å². The molecule has 4 heteroatoms. The van der Waals surface area contributed by atoms with Crippen molar-refractivity contribution in [1.82, 2.24) is 9.88 Å². The lowest BCUT2D eigenvalue weighted by atomic mass is 9.85. The molecule has 2 atom stereocenters. The van der Waals surface area contributed by atoms with Crippen molar-refractivity contribution in [3.63, 3.8) is 0 Å². The highest BCUT2D eigenvalue weighted by Gasteiger charge is 2.31. The van der Waals surface area contributed by atoms with E-state index in [4.69, 9.17) is 11.6 Å². The van der Waals surface area contributed by atoms with Gasteiger partial charge in [-0.15, -0.1) is 0 Å². The summed E-state index contributed by atoms with van der Waals surface area (Å²) in [6, 6.07) is 10.4. The fourth-order valence-corrected chi connectivity index (χ4v) is 4.61. The van der Waals surface area contributed by atoms with Crippen LogP contribution in [0.2, 0.25) is 5.02 Å². The van der Waals surface area contributed by atoms with E-state index >= 15 is 0 Å². The van der Waals surface area contributed by atoms with Gasteiger partial charge in [-0.25, -0.2) is 0 Å². The Kier molecular flexibility index (Phi) is 4.96. The molecule has 1 aromatic carbocycles. The van der Waals surface area contributed by atoms with Crippen molar-refractivity contribution in [2.24, 2.45) is 0 Å². The smallest absolute Gasteiger partial charge is 0.0792 e. The van der Waals surface area contributed by atoms with Gasteiger partial charge >= 0.3 is 0 Å². The molecule has 3 nitrogen and oxygen atoms in total. The number of rotatable bonds is 4. The Morgan fingerprint density at radius 2 is 1.96 bits per heavy atom.